The highest BCUT2D eigenvalue weighted by Gasteiger charge is 2.24. The van der Waals surface area contributed by atoms with Gasteiger partial charge in [-0.15, -0.1) is 0 Å². The topological polar surface area (TPSA) is 34.0 Å². The summed E-state index contributed by atoms with van der Waals surface area (Å²) in [6, 6.07) is 15.4. The van der Waals surface area contributed by atoms with Crippen LogP contribution in [0.3, 0.4) is 0 Å². The molecule has 2 heterocycles. The molecule has 0 saturated carbocycles. The Bertz CT molecular complexity index is 1080. The molecule has 3 aromatic rings. The zero-order valence-corrected chi connectivity index (χ0v) is 15.8. The molecular formula is C21H16Cl2N2O. The molecule has 130 valence electrons. The van der Waals surface area contributed by atoms with Crippen molar-refractivity contribution in [1.29, 1.82) is 0 Å². The number of halogens is 2. The largest absolute Gasteiger partial charge is 0.321 e. The van der Waals surface area contributed by atoms with Crippen LogP contribution < -0.4 is 5.32 Å². The molecule has 0 spiro atoms. The maximum absolute atomic E-state index is 12.4. The van der Waals surface area contributed by atoms with Gasteiger partial charge in [0.25, 0.3) is 5.91 Å². The Morgan fingerprint density at radius 2 is 1.77 bits per heavy atom. The molecule has 0 fully saturated rings. The third kappa shape index (κ3) is 2.74. The number of carbonyl (C=O) groups excluding carboxylic acids is 1. The standard InChI is InChI=1S/C21H16Cl2N2O/c1-12-9-14(10-17-16-5-3-4-6-20(16)24-21(17)26)13(2)25(12)15-7-8-18(22)19(23)11-15/h3-11H,1-2H3,(H,24,26)/b17-10+. The van der Waals surface area contributed by atoms with Gasteiger partial charge in [-0.2, -0.15) is 0 Å². The van der Waals surface area contributed by atoms with Crippen LogP contribution in [0.5, 0.6) is 0 Å². The van der Waals surface area contributed by atoms with Crippen LogP contribution in [0.4, 0.5) is 5.69 Å². The van der Waals surface area contributed by atoms with Gasteiger partial charge in [0.1, 0.15) is 0 Å². The number of amides is 1. The van der Waals surface area contributed by atoms with E-state index < -0.39 is 0 Å². The molecule has 1 amide bonds. The van der Waals surface area contributed by atoms with E-state index in [0.29, 0.717) is 15.6 Å². The van der Waals surface area contributed by atoms with Gasteiger partial charge in [0, 0.05) is 33.9 Å². The van der Waals surface area contributed by atoms with Gasteiger partial charge < -0.3 is 9.88 Å². The number of benzene rings is 2. The third-order valence-electron chi connectivity index (χ3n) is 4.64. The highest BCUT2D eigenvalue weighted by atomic mass is 35.5. The Hall–Kier alpha value is -2.49. The smallest absolute Gasteiger partial charge is 0.256 e. The van der Waals surface area contributed by atoms with Crippen molar-refractivity contribution in [3.05, 3.63) is 81.1 Å². The van der Waals surface area contributed by atoms with Crippen molar-refractivity contribution < 1.29 is 4.79 Å². The third-order valence-corrected chi connectivity index (χ3v) is 5.38. The van der Waals surface area contributed by atoms with Crippen molar-refractivity contribution in [2.24, 2.45) is 0 Å². The van der Waals surface area contributed by atoms with Gasteiger partial charge in [-0.05, 0) is 55.8 Å². The van der Waals surface area contributed by atoms with Gasteiger partial charge in [0.15, 0.2) is 0 Å². The lowest BCUT2D eigenvalue weighted by Gasteiger charge is -2.10. The van der Waals surface area contributed by atoms with Crippen LogP contribution in [-0.2, 0) is 4.79 Å². The number of aromatic nitrogens is 1. The fourth-order valence-electron chi connectivity index (χ4n) is 3.39. The summed E-state index contributed by atoms with van der Waals surface area (Å²) < 4.78 is 2.10. The number of hydrogen-bond donors (Lipinski definition) is 1. The van der Waals surface area contributed by atoms with Crippen LogP contribution in [0.15, 0.2) is 48.5 Å². The number of fused-ring (bicyclic) bond motifs is 1. The van der Waals surface area contributed by atoms with Crippen molar-refractivity contribution in [1.82, 2.24) is 4.57 Å². The van der Waals surface area contributed by atoms with Gasteiger partial charge in [-0.1, -0.05) is 41.4 Å². The Balaban J connectivity index is 1.83. The first-order valence-corrected chi connectivity index (χ1v) is 8.98. The van der Waals surface area contributed by atoms with Crippen molar-refractivity contribution in [3.8, 4) is 5.69 Å². The van der Waals surface area contributed by atoms with Gasteiger partial charge in [-0.3, -0.25) is 4.79 Å². The number of nitrogens with one attached hydrogen (secondary N) is 1. The van der Waals surface area contributed by atoms with Crippen molar-refractivity contribution in [2.75, 3.05) is 5.32 Å². The Labute approximate surface area is 161 Å². The van der Waals surface area contributed by atoms with Gasteiger partial charge >= 0.3 is 0 Å². The average Bonchev–Trinajstić information content (AvgIpc) is 3.07. The summed E-state index contributed by atoms with van der Waals surface area (Å²) in [5, 5.41) is 3.95. The fraction of sp³-hybridized carbons (Fsp3) is 0.0952. The van der Waals surface area contributed by atoms with E-state index in [1.54, 1.807) is 6.07 Å². The van der Waals surface area contributed by atoms with Crippen LogP contribution >= 0.6 is 23.2 Å². The second kappa shape index (κ2) is 6.35. The molecule has 1 N–H and O–H groups in total. The van der Waals surface area contributed by atoms with E-state index in [1.807, 2.05) is 56.3 Å². The van der Waals surface area contributed by atoms with Crippen LogP contribution in [0.2, 0.25) is 10.0 Å². The lowest BCUT2D eigenvalue weighted by atomic mass is 10.0. The van der Waals surface area contributed by atoms with Gasteiger partial charge in [0.2, 0.25) is 0 Å². The number of rotatable bonds is 2. The quantitative estimate of drug-likeness (QED) is 0.550. The average molecular weight is 383 g/mol. The highest BCUT2D eigenvalue weighted by molar-refractivity contribution is 6.42. The highest BCUT2D eigenvalue weighted by Crippen LogP contribution is 2.34. The molecule has 3 nitrogen and oxygen atoms in total. The summed E-state index contributed by atoms with van der Waals surface area (Å²) in [7, 11) is 0. The Morgan fingerprint density at radius 1 is 1.00 bits per heavy atom. The summed E-state index contributed by atoms with van der Waals surface area (Å²) in [5.74, 6) is -0.0782. The lowest BCUT2D eigenvalue weighted by Crippen LogP contribution is -2.03. The number of hydrogen-bond acceptors (Lipinski definition) is 1. The molecule has 5 heteroatoms. The molecule has 0 unspecified atom stereocenters. The molecule has 0 bridgehead atoms. The van der Waals surface area contributed by atoms with Crippen LogP contribution in [0.1, 0.15) is 22.5 Å². The van der Waals surface area contributed by atoms with E-state index >= 15 is 0 Å². The molecule has 0 radical (unpaired) electrons. The Morgan fingerprint density at radius 3 is 2.54 bits per heavy atom. The molecule has 0 atom stereocenters. The van der Waals surface area contributed by atoms with Crippen LogP contribution in [-0.4, -0.2) is 10.5 Å². The van der Waals surface area contributed by atoms with Gasteiger partial charge in [-0.25, -0.2) is 0 Å². The molecule has 2 aromatic carbocycles. The molecular weight excluding hydrogens is 367 g/mol. The van der Waals surface area contributed by atoms with E-state index in [2.05, 4.69) is 16.0 Å². The summed E-state index contributed by atoms with van der Waals surface area (Å²) in [5.41, 5.74) is 6.48. The van der Waals surface area contributed by atoms with E-state index in [-0.39, 0.29) is 5.91 Å². The lowest BCUT2D eigenvalue weighted by molar-refractivity contribution is -0.110. The van der Waals surface area contributed by atoms with Crippen molar-refractivity contribution >= 4 is 46.4 Å². The first-order valence-electron chi connectivity index (χ1n) is 8.22. The number of para-hydroxylation sites is 1. The molecule has 1 aromatic heterocycles. The number of carbonyl (C=O) groups is 1. The predicted octanol–water partition coefficient (Wildman–Crippen LogP) is 5.89. The summed E-state index contributed by atoms with van der Waals surface area (Å²) in [6.07, 6.45) is 1.94. The monoisotopic (exact) mass is 382 g/mol. The maximum Gasteiger partial charge on any atom is 0.256 e. The summed E-state index contributed by atoms with van der Waals surface area (Å²) in [6.45, 7) is 4.06. The molecule has 1 aliphatic heterocycles. The first kappa shape index (κ1) is 17.0. The maximum atomic E-state index is 12.4. The minimum absolute atomic E-state index is 0.0782. The van der Waals surface area contributed by atoms with E-state index in [4.69, 9.17) is 23.2 Å². The minimum atomic E-state index is -0.0782. The number of anilines is 1. The number of nitrogens with zero attached hydrogens (tertiary/aromatic N) is 1. The first-order chi connectivity index (χ1) is 12.5. The summed E-state index contributed by atoms with van der Waals surface area (Å²) in [4.78, 5) is 12.4. The predicted molar refractivity (Wildman–Crippen MR) is 108 cm³/mol. The van der Waals surface area contributed by atoms with Gasteiger partial charge in [0.05, 0.1) is 10.0 Å². The zero-order chi connectivity index (χ0) is 18.4. The summed E-state index contributed by atoms with van der Waals surface area (Å²) >= 11 is 12.2. The van der Waals surface area contributed by atoms with E-state index in [1.165, 1.54) is 0 Å². The zero-order valence-electron chi connectivity index (χ0n) is 14.3. The van der Waals surface area contributed by atoms with Crippen LogP contribution in [0.25, 0.3) is 17.3 Å². The normalized spacial score (nSPS) is 14.6. The molecule has 26 heavy (non-hydrogen) atoms. The second-order valence-corrected chi connectivity index (χ2v) is 7.13. The second-order valence-electron chi connectivity index (χ2n) is 6.32. The van der Waals surface area contributed by atoms with Crippen molar-refractivity contribution in [2.45, 2.75) is 13.8 Å². The minimum Gasteiger partial charge on any atom is -0.321 e. The van der Waals surface area contributed by atoms with Crippen LogP contribution in [0, 0.1) is 13.8 Å². The van der Waals surface area contributed by atoms with Crippen molar-refractivity contribution in [3.63, 3.8) is 0 Å². The van der Waals surface area contributed by atoms with E-state index in [0.717, 1.165) is 33.9 Å². The fourth-order valence-corrected chi connectivity index (χ4v) is 3.69. The SMILES string of the molecule is Cc1cc(/C=C2/C(=O)Nc3ccccc32)c(C)n1-c1ccc(Cl)c(Cl)c1. The molecule has 4 rings (SSSR count). The Kier molecular flexibility index (Phi) is 4.14. The molecule has 0 aliphatic carbocycles. The number of aryl methyl sites for hydroxylation is 1. The molecule has 1 aliphatic rings. The molecule has 0 saturated heterocycles. The van der Waals surface area contributed by atoms with E-state index in [9.17, 15) is 4.79 Å².